The van der Waals surface area contributed by atoms with Gasteiger partial charge in [0.05, 0.1) is 25.6 Å². The normalized spacial score (nSPS) is 17.0. The molecule has 30 heavy (non-hydrogen) atoms. The van der Waals surface area contributed by atoms with Crippen molar-refractivity contribution in [3.05, 3.63) is 47.5 Å². The smallest absolute Gasteiger partial charge is 0.142 e. The highest BCUT2D eigenvalue weighted by Crippen LogP contribution is 2.38. The molecular weight excluding hydrogens is 374 g/mol. The van der Waals surface area contributed by atoms with E-state index >= 15 is 0 Å². The van der Waals surface area contributed by atoms with Crippen molar-refractivity contribution >= 4 is 11.4 Å². The first-order valence-corrected chi connectivity index (χ1v) is 11.3. The molecule has 0 amide bonds. The van der Waals surface area contributed by atoms with Gasteiger partial charge in [-0.1, -0.05) is 18.2 Å². The third kappa shape index (κ3) is 4.22. The van der Waals surface area contributed by atoms with Crippen LogP contribution in [0.25, 0.3) is 0 Å². The minimum Gasteiger partial charge on any atom is -0.495 e. The van der Waals surface area contributed by atoms with Crippen LogP contribution in [0.5, 0.6) is 11.5 Å². The summed E-state index contributed by atoms with van der Waals surface area (Å²) < 4.78 is 11.2. The van der Waals surface area contributed by atoms with E-state index in [0.29, 0.717) is 0 Å². The number of methoxy groups -OCH3 is 2. The Labute approximate surface area is 181 Å². The van der Waals surface area contributed by atoms with Gasteiger partial charge in [0.1, 0.15) is 11.5 Å². The molecule has 1 saturated heterocycles. The van der Waals surface area contributed by atoms with E-state index in [1.807, 2.05) is 12.1 Å². The van der Waals surface area contributed by atoms with Gasteiger partial charge in [0.25, 0.3) is 0 Å². The van der Waals surface area contributed by atoms with E-state index in [0.717, 1.165) is 63.7 Å². The van der Waals surface area contributed by atoms with Crippen LogP contribution in [0.15, 0.2) is 36.4 Å². The molecule has 0 unspecified atom stereocenters. The van der Waals surface area contributed by atoms with Crippen molar-refractivity contribution in [3.8, 4) is 11.5 Å². The zero-order chi connectivity index (χ0) is 20.9. The van der Waals surface area contributed by atoms with E-state index < -0.39 is 0 Å². The lowest BCUT2D eigenvalue weighted by Gasteiger charge is -2.37. The Morgan fingerprint density at radius 2 is 1.63 bits per heavy atom. The number of hydrogen-bond acceptors (Lipinski definition) is 5. The van der Waals surface area contributed by atoms with E-state index in [1.165, 1.54) is 35.3 Å². The van der Waals surface area contributed by atoms with Crippen LogP contribution >= 0.6 is 0 Å². The van der Waals surface area contributed by atoms with Crippen molar-refractivity contribution in [2.75, 3.05) is 69.8 Å². The molecule has 0 aromatic heterocycles. The third-order valence-corrected chi connectivity index (χ3v) is 6.61. The predicted octanol–water partition coefficient (Wildman–Crippen LogP) is 3.84. The molecule has 0 aliphatic carbocycles. The molecule has 0 atom stereocenters. The fourth-order valence-electron chi connectivity index (χ4n) is 4.94. The molecule has 162 valence electrons. The minimum atomic E-state index is 0.969. The van der Waals surface area contributed by atoms with Crippen molar-refractivity contribution in [3.63, 3.8) is 0 Å². The molecule has 0 saturated carbocycles. The van der Waals surface area contributed by atoms with Crippen LogP contribution in [0, 0.1) is 0 Å². The van der Waals surface area contributed by atoms with E-state index in [9.17, 15) is 0 Å². The van der Waals surface area contributed by atoms with Gasteiger partial charge in [0.2, 0.25) is 0 Å². The first-order valence-electron chi connectivity index (χ1n) is 11.3. The van der Waals surface area contributed by atoms with Crippen LogP contribution < -0.4 is 19.3 Å². The van der Waals surface area contributed by atoms with E-state index in [2.05, 4.69) is 45.9 Å². The summed E-state index contributed by atoms with van der Waals surface area (Å²) in [5.41, 5.74) is 5.56. The molecule has 0 bridgehead atoms. The Morgan fingerprint density at radius 3 is 2.37 bits per heavy atom. The summed E-state index contributed by atoms with van der Waals surface area (Å²) in [6, 6.07) is 12.8. The average Bonchev–Trinajstić information content (AvgIpc) is 2.82. The van der Waals surface area contributed by atoms with Crippen molar-refractivity contribution in [2.45, 2.75) is 26.2 Å². The monoisotopic (exact) mass is 409 g/mol. The fourth-order valence-corrected chi connectivity index (χ4v) is 4.94. The van der Waals surface area contributed by atoms with E-state index in [-0.39, 0.29) is 0 Å². The van der Waals surface area contributed by atoms with Gasteiger partial charge in [0, 0.05) is 45.8 Å². The summed E-state index contributed by atoms with van der Waals surface area (Å²) in [5, 5.41) is 0. The highest BCUT2D eigenvalue weighted by atomic mass is 16.5. The van der Waals surface area contributed by atoms with Crippen LogP contribution in [0.1, 0.15) is 24.5 Å². The van der Waals surface area contributed by atoms with Gasteiger partial charge < -0.3 is 19.3 Å². The highest BCUT2D eigenvalue weighted by Gasteiger charge is 2.24. The molecule has 1 fully saturated rings. The van der Waals surface area contributed by atoms with E-state index in [1.54, 1.807) is 14.2 Å². The number of hydrogen-bond donors (Lipinski definition) is 0. The van der Waals surface area contributed by atoms with Crippen molar-refractivity contribution < 1.29 is 9.47 Å². The van der Waals surface area contributed by atoms with Crippen LogP contribution in [0.3, 0.4) is 0 Å². The number of rotatable bonds is 7. The van der Waals surface area contributed by atoms with Crippen LogP contribution in [-0.4, -0.2) is 64.9 Å². The Bertz CT molecular complexity index is 846. The van der Waals surface area contributed by atoms with Crippen molar-refractivity contribution in [2.24, 2.45) is 0 Å². The number of benzene rings is 2. The molecule has 4 rings (SSSR count). The maximum absolute atomic E-state index is 5.70. The molecule has 2 aromatic carbocycles. The number of nitrogens with zero attached hydrogens (tertiary/aromatic N) is 3. The quantitative estimate of drug-likeness (QED) is 0.693. The number of fused-ring (bicyclic) bond motifs is 1. The fraction of sp³-hybridized carbons (Fsp3) is 0.520. The van der Waals surface area contributed by atoms with Gasteiger partial charge in [-0.25, -0.2) is 0 Å². The van der Waals surface area contributed by atoms with Gasteiger partial charge in [-0.05, 0) is 55.5 Å². The number of piperazine rings is 1. The Kier molecular flexibility index (Phi) is 6.68. The molecule has 0 N–H and O–H groups in total. The summed E-state index contributed by atoms with van der Waals surface area (Å²) in [7, 11) is 3.54. The number of para-hydroxylation sites is 2. The van der Waals surface area contributed by atoms with Crippen LogP contribution in [0.4, 0.5) is 11.4 Å². The zero-order valence-electron chi connectivity index (χ0n) is 18.7. The standard InChI is InChI=1S/C25H35N3O2/c1-4-27-14-7-8-21-20(11-12-24(30-3)25(21)27)13-15-26-16-18-28(19-17-26)22-9-5-6-10-23(22)29-2/h5-6,9-12H,4,7-8,13-19H2,1-3H3. The Morgan fingerprint density at radius 1 is 0.867 bits per heavy atom. The average molecular weight is 410 g/mol. The van der Waals surface area contributed by atoms with Gasteiger partial charge in [0.15, 0.2) is 0 Å². The lowest BCUT2D eigenvalue weighted by Crippen LogP contribution is -2.47. The highest BCUT2D eigenvalue weighted by molar-refractivity contribution is 5.67. The second-order valence-corrected chi connectivity index (χ2v) is 8.19. The molecule has 5 heteroatoms. The molecule has 0 radical (unpaired) electrons. The maximum Gasteiger partial charge on any atom is 0.142 e. The topological polar surface area (TPSA) is 28.2 Å². The number of ether oxygens (including phenoxy) is 2. The Balaban J connectivity index is 1.39. The third-order valence-electron chi connectivity index (χ3n) is 6.61. The van der Waals surface area contributed by atoms with Crippen LogP contribution in [0.2, 0.25) is 0 Å². The molecule has 2 aromatic rings. The maximum atomic E-state index is 5.70. The van der Waals surface area contributed by atoms with Crippen LogP contribution in [-0.2, 0) is 12.8 Å². The number of anilines is 2. The summed E-state index contributed by atoms with van der Waals surface area (Å²) in [4.78, 5) is 7.53. The molecule has 2 heterocycles. The summed E-state index contributed by atoms with van der Waals surface area (Å²) in [5.74, 6) is 2.00. The summed E-state index contributed by atoms with van der Waals surface area (Å²) in [6.07, 6.45) is 3.51. The molecule has 0 spiro atoms. The minimum absolute atomic E-state index is 0.969. The molecular formula is C25H35N3O2. The molecule has 5 nitrogen and oxygen atoms in total. The van der Waals surface area contributed by atoms with E-state index in [4.69, 9.17) is 9.47 Å². The summed E-state index contributed by atoms with van der Waals surface area (Å²) >= 11 is 0. The van der Waals surface area contributed by atoms with Crippen molar-refractivity contribution in [1.29, 1.82) is 0 Å². The summed E-state index contributed by atoms with van der Waals surface area (Å²) in [6.45, 7) is 9.81. The molecule has 2 aliphatic rings. The predicted molar refractivity (Wildman–Crippen MR) is 125 cm³/mol. The van der Waals surface area contributed by atoms with Gasteiger partial charge >= 0.3 is 0 Å². The second kappa shape index (κ2) is 9.61. The van der Waals surface area contributed by atoms with Gasteiger partial charge in [-0.2, -0.15) is 0 Å². The SMILES string of the molecule is CCN1CCCc2c(CCN3CCN(c4ccccc4OC)CC3)ccc(OC)c21. The zero-order valence-corrected chi connectivity index (χ0v) is 18.7. The second-order valence-electron chi connectivity index (χ2n) is 8.19. The van der Waals surface area contributed by atoms with Gasteiger partial charge in [-0.3, -0.25) is 4.90 Å². The first-order chi connectivity index (χ1) is 14.7. The van der Waals surface area contributed by atoms with Crippen molar-refractivity contribution in [1.82, 2.24) is 4.90 Å². The largest absolute Gasteiger partial charge is 0.495 e. The Hall–Kier alpha value is -2.40. The first kappa shape index (κ1) is 20.9. The lowest BCUT2D eigenvalue weighted by molar-refractivity contribution is 0.260. The van der Waals surface area contributed by atoms with Gasteiger partial charge in [-0.15, -0.1) is 0 Å². The lowest BCUT2D eigenvalue weighted by atomic mass is 9.93. The molecule has 2 aliphatic heterocycles.